The van der Waals surface area contributed by atoms with Gasteiger partial charge in [-0.05, 0) is 32.0 Å². The summed E-state index contributed by atoms with van der Waals surface area (Å²) in [6.07, 6.45) is 2.62. The molecule has 0 aliphatic carbocycles. The Balaban J connectivity index is 1.47. The highest BCUT2D eigenvalue weighted by Gasteiger charge is 2.24. The van der Waals surface area contributed by atoms with Crippen molar-refractivity contribution in [1.29, 1.82) is 0 Å². The van der Waals surface area contributed by atoms with Crippen LogP contribution in [-0.2, 0) is 17.9 Å². The Kier molecular flexibility index (Phi) is 5.83. The number of hydrogen-bond donors (Lipinski definition) is 1. The minimum Gasteiger partial charge on any atom is -0.467 e. The molecule has 8 nitrogen and oxygen atoms in total. The molecule has 0 spiro atoms. The molecule has 3 heterocycles. The van der Waals surface area contributed by atoms with Crippen molar-refractivity contribution in [2.24, 2.45) is 0 Å². The molecular weight excluding hydrogens is 322 g/mol. The third kappa shape index (κ3) is 4.90. The second kappa shape index (κ2) is 8.26. The summed E-state index contributed by atoms with van der Waals surface area (Å²) in [5, 5.41) is 6.89. The van der Waals surface area contributed by atoms with E-state index in [0.717, 1.165) is 44.2 Å². The molecule has 1 fully saturated rings. The summed E-state index contributed by atoms with van der Waals surface area (Å²) < 4.78 is 10.3. The van der Waals surface area contributed by atoms with E-state index in [1.165, 1.54) is 0 Å². The molecule has 1 amide bonds. The van der Waals surface area contributed by atoms with Crippen molar-refractivity contribution in [2.75, 3.05) is 26.2 Å². The highest BCUT2D eigenvalue weighted by Crippen LogP contribution is 2.10. The Morgan fingerprint density at radius 2 is 2.24 bits per heavy atom. The number of carbonyl (C=O) groups is 1. The first-order valence-electron chi connectivity index (χ1n) is 8.67. The van der Waals surface area contributed by atoms with Crippen LogP contribution in [-0.4, -0.2) is 58.1 Å². The van der Waals surface area contributed by atoms with Crippen LogP contribution in [0.2, 0.25) is 0 Å². The summed E-state index contributed by atoms with van der Waals surface area (Å²) in [6.45, 7) is 8.44. The smallest absolute Gasteiger partial charge is 0.237 e. The van der Waals surface area contributed by atoms with Crippen molar-refractivity contribution in [3.8, 4) is 0 Å². The van der Waals surface area contributed by atoms with E-state index in [1.54, 1.807) is 13.2 Å². The molecule has 0 bridgehead atoms. The van der Waals surface area contributed by atoms with Crippen molar-refractivity contribution < 1.29 is 13.7 Å². The van der Waals surface area contributed by atoms with E-state index >= 15 is 0 Å². The number of hydrogen-bond acceptors (Lipinski definition) is 7. The summed E-state index contributed by atoms with van der Waals surface area (Å²) in [7, 11) is 0. The number of aromatic nitrogens is 2. The van der Waals surface area contributed by atoms with Crippen molar-refractivity contribution in [3.05, 3.63) is 35.9 Å². The van der Waals surface area contributed by atoms with Gasteiger partial charge in [-0.25, -0.2) is 0 Å². The molecule has 25 heavy (non-hydrogen) atoms. The SMILES string of the molecule is Cc1nc(CN2CCCN(C(C)C(=O)NCc3ccco3)CC2)no1. The monoisotopic (exact) mass is 347 g/mol. The van der Waals surface area contributed by atoms with Crippen molar-refractivity contribution in [1.82, 2.24) is 25.3 Å². The molecule has 1 N–H and O–H groups in total. The number of amides is 1. The van der Waals surface area contributed by atoms with E-state index in [0.29, 0.717) is 19.0 Å². The van der Waals surface area contributed by atoms with Crippen LogP contribution in [0.15, 0.2) is 27.3 Å². The lowest BCUT2D eigenvalue weighted by Crippen LogP contribution is -2.46. The Hall–Kier alpha value is -2.19. The summed E-state index contributed by atoms with van der Waals surface area (Å²) >= 11 is 0. The zero-order valence-electron chi connectivity index (χ0n) is 14.8. The van der Waals surface area contributed by atoms with Gasteiger partial charge in [0.2, 0.25) is 11.8 Å². The number of furan rings is 1. The van der Waals surface area contributed by atoms with Gasteiger partial charge >= 0.3 is 0 Å². The number of rotatable bonds is 6. The van der Waals surface area contributed by atoms with E-state index in [9.17, 15) is 4.79 Å². The van der Waals surface area contributed by atoms with Crippen LogP contribution in [0.3, 0.4) is 0 Å². The average molecular weight is 347 g/mol. The van der Waals surface area contributed by atoms with Gasteiger partial charge in [-0.15, -0.1) is 0 Å². The summed E-state index contributed by atoms with van der Waals surface area (Å²) in [5.74, 6) is 2.10. The van der Waals surface area contributed by atoms with E-state index in [-0.39, 0.29) is 11.9 Å². The normalized spacial score (nSPS) is 18.0. The Labute approximate surface area is 147 Å². The highest BCUT2D eigenvalue weighted by molar-refractivity contribution is 5.81. The van der Waals surface area contributed by atoms with E-state index in [2.05, 4.69) is 25.3 Å². The molecule has 1 unspecified atom stereocenters. The third-order valence-electron chi connectivity index (χ3n) is 4.50. The fourth-order valence-corrected chi connectivity index (χ4v) is 3.04. The van der Waals surface area contributed by atoms with Crippen molar-refractivity contribution in [3.63, 3.8) is 0 Å². The maximum atomic E-state index is 12.4. The van der Waals surface area contributed by atoms with Crippen LogP contribution in [0.4, 0.5) is 0 Å². The molecule has 1 atom stereocenters. The van der Waals surface area contributed by atoms with Gasteiger partial charge in [0.05, 0.1) is 25.4 Å². The molecule has 3 rings (SSSR count). The van der Waals surface area contributed by atoms with Crippen molar-refractivity contribution in [2.45, 2.75) is 39.4 Å². The topological polar surface area (TPSA) is 87.6 Å². The fourth-order valence-electron chi connectivity index (χ4n) is 3.04. The molecule has 1 saturated heterocycles. The Morgan fingerprint density at radius 1 is 1.36 bits per heavy atom. The first-order valence-corrected chi connectivity index (χ1v) is 8.67. The van der Waals surface area contributed by atoms with Crippen LogP contribution < -0.4 is 5.32 Å². The number of nitrogens with zero attached hydrogens (tertiary/aromatic N) is 4. The van der Waals surface area contributed by atoms with Crippen LogP contribution in [0.5, 0.6) is 0 Å². The standard InChI is InChI=1S/C17H25N5O3/c1-13(17(23)18-11-15-5-3-10-24-15)22-7-4-6-21(8-9-22)12-16-19-14(2)25-20-16/h3,5,10,13H,4,6-9,11-12H2,1-2H3,(H,18,23). The van der Waals surface area contributed by atoms with Gasteiger partial charge < -0.3 is 14.3 Å². The minimum absolute atomic E-state index is 0.0265. The van der Waals surface area contributed by atoms with Gasteiger partial charge in [-0.3, -0.25) is 14.6 Å². The van der Waals surface area contributed by atoms with Gasteiger partial charge in [0.25, 0.3) is 0 Å². The molecule has 2 aromatic rings. The minimum atomic E-state index is -0.165. The zero-order valence-corrected chi connectivity index (χ0v) is 14.8. The number of carbonyl (C=O) groups excluding carboxylic acids is 1. The van der Waals surface area contributed by atoms with Crippen LogP contribution >= 0.6 is 0 Å². The summed E-state index contributed by atoms with van der Waals surface area (Å²) in [4.78, 5) is 21.2. The van der Waals surface area contributed by atoms with Gasteiger partial charge in [0.1, 0.15) is 5.76 Å². The summed E-state index contributed by atoms with van der Waals surface area (Å²) in [6, 6.07) is 3.51. The fraction of sp³-hybridized carbons (Fsp3) is 0.588. The quantitative estimate of drug-likeness (QED) is 0.839. The lowest BCUT2D eigenvalue weighted by atomic mass is 10.2. The maximum Gasteiger partial charge on any atom is 0.237 e. The molecule has 0 radical (unpaired) electrons. The van der Waals surface area contributed by atoms with E-state index in [4.69, 9.17) is 8.94 Å². The number of aryl methyl sites for hydroxylation is 1. The van der Waals surface area contributed by atoms with Crippen LogP contribution in [0.25, 0.3) is 0 Å². The molecule has 2 aromatic heterocycles. The lowest BCUT2D eigenvalue weighted by molar-refractivity contribution is -0.126. The highest BCUT2D eigenvalue weighted by atomic mass is 16.5. The first kappa shape index (κ1) is 17.6. The van der Waals surface area contributed by atoms with Gasteiger partial charge in [0, 0.05) is 26.6 Å². The molecule has 8 heteroatoms. The van der Waals surface area contributed by atoms with Gasteiger partial charge in [0.15, 0.2) is 5.82 Å². The van der Waals surface area contributed by atoms with Crippen LogP contribution in [0.1, 0.15) is 30.8 Å². The van der Waals surface area contributed by atoms with E-state index < -0.39 is 0 Å². The predicted octanol–water partition coefficient (Wildman–Crippen LogP) is 1.18. The van der Waals surface area contributed by atoms with Crippen molar-refractivity contribution >= 4 is 5.91 Å². The Bertz CT molecular complexity index is 670. The molecular formula is C17H25N5O3. The summed E-state index contributed by atoms with van der Waals surface area (Å²) in [5.41, 5.74) is 0. The average Bonchev–Trinajstić information content (AvgIpc) is 3.20. The Morgan fingerprint density at radius 3 is 2.96 bits per heavy atom. The second-order valence-electron chi connectivity index (χ2n) is 6.37. The zero-order chi connectivity index (χ0) is 17.6. The maximum absolute atomic E-state index is 12.4. The first-order chi connectivity index (χ1) is 12.1. The van der Waals surface area contributed by atoms with E-state index in [1.807, 2.05) is 19.1 Å². The van der Waals surface area contributed by atoms with Gasteiger partial charge in [-0.1, -0.05) is 5.16 Å². The molecule has 1 aliphatic rings. The number of nitrogens with one attached hydrogen (secondary N) is 1. The van der Waals surface area contributed by atoms with Gasteiger partial charge in [-0.2, -0.15) is 4.98 Å². The van der Waals surface area contributed by atoms with Crippen LogP contribution in [0, 0.1) is 6.92 Å². The molecule has 136 valence electrons. The lowest BCUT2D eigenvalue weighted by Gasteiger charge is -2.26. The molecule has 0 aromatic carbocycles. The second-order valence-corrected chi connectivity index (χ2v) is 6.37. The molecule has 0 saturated carbocycles. The molecule has 1 aliphatic heterocycles. The largest absolute Gasteiger partial charge is 0.467 e. The predicted molar refractivity (Wildman–Crippen MR) is 90.5 cm³/mol. The third-order valence-corrected chi connectivity index (χ3v) is 4.50.